The topological polar surface area (TPSA) is 101 Å². The van der Waals surface area contributed by atoms with Crippen molar-refractivity contribution in [3.05, 3.63) is 59.7 Å². The molecule has 2 amide bonds. The van der Waals surface area contributed by atoms with E-state index < -0.39 is 11.9 Å². The number of hydrogen-bond acceptors (Lipinski definition) is 4. The summed E-state index contributed by atoms with van der Waals surface area (Å²) < 4.78 is 0. The summed E-state index contributed by atoms with van der Waals surface area (Å²) in [6.07, 6.45) is 3.81. The third-order valence-corrected chi connectivity index (χ3v) is 4.86. The zero-order valence-electron chi connectivity index (χ0n) is 15.8. The molecule has 0 radical (unpaired) electrons. The first-order valence-corrected chi connectivity index (χ1v) is 9.34. The summed E-state index contributed by atoms with van der Waals surface area (Å²) in [7, 11) is 0. The molecule has 2 aromatic rings. The maximum Gasteiger partial charge on any atom is 0.250 e. The Morgan fingerprint density at radius 3 is 2.36 bits per heavy atom. The van der Waals surface area contributed by atoms with Gasteiger partial charge in [-0.05, 0) is 49.4 Å². The van der Waals surface area contributed by atoms with Crippen LogP contribution >= 0.6 is 12.4 Å². The largest absolute Gasteiger partial charge is 0.371 e. The molecule has 1 heterocycles. The van der Waals surface area contributed by atoms with Crippen molar-refractivity contribution in [2.75, 3.05) is 23.3 Å². The fraction of sp³-hybridized carbons (Fsp3) is 0.333. The van der Waals surface area contributed by atoms with Crippen molar-refractivity contribution in [1.82, 2.24) is 0 Å². The lowest BCUT2D eigenvalue weighted by Crippen LogP contribution is -2.37. The molecule has 150 valence electrons. The molecule has 0 spiro atoms. The van der Waals surface area contributed by atoms with Crippen LogP contribution in [0.1, 0.15) is 35.2 Å². The van der Waals surface area contributed by atoms with Crippen LogP contribution in [0.3, 0.4) is 0 Å². The van der Waals surface area contributed by atoms with Gasteiger partial charge in [-0.2, -0.15) is 0 Å². The number of carbonyl (C=O) groups excluding carboxylic acids is 2. The number of carbonyl (C=O) groups is 2. The van der Waals surface area contributed by atoms with Gasteiger partial charge in [0.25, 0.3) is 5.91 Å². The average molecular weight is 403 g/mol. The van der Waals surface area contributed by atoms with Gasteiger partial charge >= 0.3 is 0 Å². The maximum absolute atomic E-state index is 12.5. The molecule has 1 saturated heterocycles. The smallest absolute Gasteiger partial charge is 0.250 e. The van der Waals surface area contributed by atoms with Gasteiger partial charge in [0.1, 0.15) is 0 Å². The number of nitrogens with two attached hydrogens (primary N) is 2. The fourth-order valence-corrected chi connectivity index (χ4v) is 3.41. The minimum atomic E-state index is -0.651. The lowest BCUT2D eigenvalue weighted by atomic mass is 10.0. The van der Waals surface area contributed by atoms with Crippen LogP contribution in [-0.4, -0.2) is 30.9 Å². The first kappa shape index (κ1) is 21.7. The highest BCUT2D eigenvalue weighted by molar-refractivity contribution is 6.01. The molecule has 0 aromatic heterocycles. The summed E-state index contributed by atoms with van der Waals surface area (Å²) in [6.45, 7) is 1.76. The maximum atomic E-state index is 12.5. The van der Waals surface area contributed by atoms with Gasteiger partial charge in [0.2, 0.25) is 5.91 Å². The van der Waals surface area contributed by atoms with E-state index >= 15 is 0 Å². The van der Waals surface area contributed by atoms with E-state index in [1.54, 1.807) is 12.1 Å². The fourth-order valence-electron chi connectivity index (χ4n) is 3.41. The molecule has 0 saturated carbocycles. The lowest BCUT2D eigenvalue weighted by molar-refractivity contribution is -0.117. The van der Waals surface area contributed by atoms with Gasteiger partial charge in [-0.15, -0.1) is 12.4 Å². The molecule has 1 atom stereocenters. The first-order valence-electron chi connectivity index (χ1n) is 9.34. The van der Waals surface area contributed by atoms with Gasteiger partial charge < -0.3 is 21.7 Å². The quantitative estimate of drug-likeness (QED) is 0.691. The molecule has 7 heteroatoms. The predicted octanol–water partition coefficient (Wildman–Crippen LogP) is 2.71. The van der Waals surface area contributed by atoms with Crippen LogP contribution in [0.2, 0.25) is 0 Å². The van der Waals surface area contributed by atoms with Gasteiger partial charge in [0.05, 0.1) is 17.3 Å². The van der Waals surface area contributed by atoms with Gasteiger partial charge in [-0.1, -0.05) is 30.3 Å². The molecule has 0 aliphatic carbocycles. The van der Waals surface area contributed by atoms with E-state index in [9.17, 15) is 9.59 Å². The van der Waals surface area contributed by atoms with Gasteiger partial charge in [-0.3, -0.25) is 9.59 Å². The number of rotatable bonds is 6. The SMILES string of the molecule is Cl.NC(=O)c1ccc(NC(=O)[C@@H](N)Cc2ccccc2)cc1N1CCCCC1. The summed E-state index contributed by atoms with van der Waals surface area (Å²) in [5.41, 5.74) is 14.5. The number of piperidine rings is 1. The average Bonchev–Trinajstić information content (AvgIpc) is 2.69. The molecule has 0 unspecified atom stereocenters. The van der Waals surface area contributed by atoms with E-state index in [0.717, 1.165) is 37.2 Å². The van der Waals surface area contributed by atoms with Crippen molar-refractivity contribution in [1.29, 1.82) is 0 Å². The van der Waals surface area contributed by atoms with Crippen LogP contribution in [-0.2, 0) is 11.2 Å². The van der Waals surface area contributed by atoms with E-state index in [-0.39, 0.29) is 18.3 Å². The van der Waals surface area contributed by atoms with E-state index in [0.29, 0.717) is 17.7 Å². The first-order chi connectivity index (χ1) is 13.0. The molecule has 1 aliphatic rings. The second-order valence-corrected chi connectivity index (χ2v) is 6.93. The van der Waals surface area contributed by atoms with Crippen LogP contribution < -0.4 is 21.7 Å². The third-order valence-electron chi connectivity index (χ3n) is 4.86. The molecule has 1 aliphatic heterocycles. The Bertz CT molecular complexity index is 807. The number of nitrogens with zero attached hydrogens (tertiary/aromatic N) is 1. The van der Waals surface area contributed by atoms with Crippen molar-refractivity contribution in [3.8, 4) is 0 Å². The van der Waals surface area contributed by atoms with Crippen molar-refractivity contribution in [2.45, 2.75) is 31.7 Å². The number of benzene rings is 2. The Kier molecular flexibility index (Phi) is 7.84. The number of primary amides is 1. The molecule has 2 aromatic carbocycles. The Hall–Kier alpha value is -2.57. The highest BCUT2D eigenvalue weighted by Gasteiger charge is 2.19. The Morgan fingerprint density at radius 2 is 1.71 bits per heavy atom. The molecule has 3 rings (SSSR count). The van der Waals surface area contributed by atoms with Crippen LogP contribution in [0.5, 0.6) is 0 Å². The number of nitrogens with one attached hydrogen (secondary N) is 1. The summed E-state index contributed by atoms with van der Waals surface area (Å²) in [5.74, 6) is -0.718. The number of halogens is 1. The molecule has 1 fully saturated rings. The lowest BCUT2D eigenvalue weighted by Gasteiger charge is -2.30. The zero-order valence-corrected chi connectivity index (χ0v) is 16.6. The molecular weight excluding hydrogens is 376 g/mol. The minimum Gasteiger partial charge on any atom is -0.371 e. The normalized spacial score (nSPS) is 14.7. The van der Waals surface area contributed by atoms with E-state index in [4.69, 9.17) is 11.5 Å². The summed E-state index contributed by atoms with van der Waals surface area (Å²) in [6, 6.07) is 14.2. The standard InChI is InChI=1S/C21H26N4O2.ClH/c22-18(13-15-7-3-1-4-8-15)21(27)24-16-9-10-17(20(23)26)19(14-16)25-11-5-2-6-12-25;/h1,3-4,7-10,14,18H,2,5-6,11-13,22H2,(H2,23,26)(H,24,27);1H/t18-;/m0./s1. The number of hydrogen-bond donors (Lipinski definition) is 3. The number of amides is 2. The van der Waals surface area contributed by atoms with Crippen molar-refractivity contribution >= 4 is 35.6 Å². The third kappa shape index (κ3) is 5.47. The van der Waals surface area contributed by atoms with Gasteiger partial charge in [0, 0.05) is 18.8 Å². The van der Waals surface area contributed by atoms with Gasteiger partial charge in [-0.25, -0.2) is 0 Å². The highest BCUT2D eigenvalue weighted by atomic mass is 35.5. The van der Waals surface area contributed by atoms with Crippen LogP contribution in [0.15, 0.2) is 48.5 Å². The predicted molar refractivity (Wildman–Crippen MR) is 115 cm³/mol. The van der Waals surface area contributed by atoms with E-state index in [1.807, 2.05) is 36.4 Å². The highest BCUT2D eigenvalue weighted by Crippen LogP contribution is 2.27. The Labute approximate surface area is 171 Å². The van der Waals surface area contributed by atoms with Crippen molar-refractivity contribution in [2.24, 2.45) is 11.5 Å². The minimum absolute atomic E-state index is 0. The monoisotopic (exact) mass is 402 g/mol. The van der Waals surface area contributed by atoms with Crippen LogP contribution in [0.4, 0.5) is 11.4 Å². The Balaban J connectivity index is 0.00000280. The van der Waals surface area contributed by atoms with Gasteiger partial charge in [0.15, 0.2) is 0 Å². The summed E-state index contributed by atoms with van der Waals surface area (Å²) >= 11 is 0. The number of anilines is 2. The zero-order chi connectivity index (χ0) is 19.2. The molecule has 6 nitrogen and oxygen atoms in total. The molecular formula is C21H27ClN4O2. The summed E-state index contributed by atoms with van der Waals surface area (Å²) in [5, 5.41) is 2.86. The van der Waals surface area contributed by atoms with Crippen LogP contribution in [0, 0.1) is 0 Å². The second kappa shape index (κ2) is 10.1. The van der Waals surface area contributed by atoms with Crippen molar-refractivity contribution in [3.63, 3.8) is 0 Å². The van der Waals surface area contributed by atoms with Crippen LogP contribution in [0.25, 0.3) is 0 Å². The summed E-state index contributed by atoms with van der Waals surface area (Å²) in [4.78, 5) is 26.4. The second-order valence-electron chi connectivity index (χ2n) is 6.93. The molecule has 28 heavy (non-hydrogen) atoms. The van der Waals surface area contributed by atoms with E-state index in [1.165, 1.54) is 6.42 Å². The molecule has 5 N–H and O–H groups in total. The van der Waals surface area contributed by atoms with E-state index in [2.05, 4.69) is 10.2 Å². The molecule has 0 bridgehead atoms. The Morgan fingerprint density at radius 1 is 1.04 bits per heavy atom. The van der Waals surface area contributed by atoms with Crippen molar-refractivity contribution < 1.29 is 9.59 Å².